The fraction of sp³-hybridized carbons (Fsp3) is 0.400. The standard InChI is InChI=1S/C25H29N5O3/c1-14(2)33-19-6-4-5-17-13-18(28-20(17)19)21-22-23(26)27-11-12-30(22)24(29-21)15-7-9-16(10-8-15)25(31)32-3/h4-6,11-16,28H,7-10H2,1-3H3,(H2,26,27). The number of carbonyl (C=O) groups is 1. The fourth-order valence-corrected chi connectivity index (χ4v) is 4.92. The highest BCUT2D eigenvalue weighted by atomic mass is 16.5. The Bertz CT molecular complexity index is 1310. The number of imidazole rings is 1. The average molecular weight is 448 g/mol. The number of nitrogen functional groups attached to an aromatic ring is 1. The predicted octanol–water partition coefficient (Wildman–Crippen LogP) is 4.69. The molecule has 8 heteroatoms. The molecule has 1 aliphatic carbocycles. The summed E-state index contributed by atoms with van der Waals surface area (Å²) in [4.78, 5) is 24.9. The van der Waals surface area contributed by atoms with Crippen molar-refractivity contribution >= 4 is 28.2 Å². The number of hydrogen-bond donors (Lipinski definition) is 2. The number of aromatic nitrogens is 4. The van der Waals surface area contributed by atoms with Gasteiger partial charge in [-0.15, -0.1) is 0 Å². The number of nitrogens with zero attached hydrogens (tertiary/aromatic N) is 3. The second kappa shape index (κ2) is 8.42. The van der Waals surface area contributed by atoms with Gasteiger partial charge in [0.05, 0.1) is 30.3 Å². The molecule has 0 spiro atoms. The van der Waals surface area contributed by atoms with E-state index in [2.05, 4.69) is 26.5 Å². The SMILES string of the molecule is COC(=O)C1CCC(c2nc(-c3cc4cccc(OC(C)C)c4[nH]3)c3c(N)nccn23)CC1. The summed E-state index contributed by atoms with van der Waals surface area (Å²) in [6.07, 6.45) is 7.04. The lowest BCUT2D eigenvalue weighted by atomic mass is 9.81. The second-order valence-corrected chi connectivity index (χ2v) is 8.99. The van der Waals surface area contributed by atoms with E-state index in [1.165, 1.54) is 7.11 Å². The van der Waals surface area contributed by atoms with Crippen molar-refractivity contribution in [2.75, 3.05) is 12.8 Å². The predicted molar refractivity (Wildman–Crippen MR) is 127 cm³/mol. The molecule has 0 atom stereocenters. The van der Waals surface area contributed by atoms with Gasteiger partial charge in [0.1, 0.15) is 28.6 Å². The average Bonchev–Trinajstić information content (AvgIpc) is 3.41. The fourth-order valence-electron chi connectivity index (χ4n) is 4.92. The van der Waals surface area contributed by atoms with Crippen LogP contribution in [0.3, 0.4) is 0 Å². The molecule has 4 aromatic rings. The minimum Gasteiger partial charge on any atom is -0.489 e. The van der Waals surface area contributed by atoms with Crippen LogP contribution in [0.5, 0.6) is 5.75 Å². The minimum atomic E-state index is -0.118. The number of nitrogens with one attached hydrogen (secondary N) is 1. The van der Waals surface area contributed by atoms with Crippen LogP contribution in [-0.4, -0.2) is 38.5 Å². The Morgan fingerprint density at radius 2 is 2.03 bits per heavy atom. The van der Waals surface area contributed by atoms with Crippen molar-refractivity contribution in [3.63, 3.8) is 0 Å². The van der Waals surface area contributed by atoms with Gasteiger partial charge in [-0.2, -0.15) is 0 Å². The molecular weight excluding hydrogens is 418 g/mol. The molecule has 0 aliphatic heterocycles. The van der Waals surface area contributed by atoms with E-state index in [4.69, 9.17) is 20.2 Å². The number of H-pyrrole nitrogens is 1. The van der Waals surface area contributed by atoms with Crippen LogP contribution in [0.2, 0.25) is 0 Å². The van der Waals surface area contributed by atoms with Crippen molar-refractivity contribution in [1.82, 2.24) is 19.4 Å². The van der Waals surface area contributed by atoms with Crippen LogP contribution in [0.1, 0.15) is 51.3 Å². The normalized spacial score (nSPS) is 18.8. The molecule has 1 fully saturated rings. The lowest BCUT2D eigenvalue weighted by Crippen LogP contribution is -2.23. The van der Waals surface area contributed by atoms with Crippen LogP contribution in [0.15, 0.2) is 36.7 Å². The molecule has 0 unspecified atom stereocenters. The van der Waals surface area contributed by atoms with Crippen LogP contribution in [0.25, 0.3) is 27.8 Å². The van der Waals surface area contributed by atoms with E-state index in [-0.39, 0.29) is 23.9 Å². The highest BCUT2D eigenvalue weighted by molar-refractivity contribution is 5.93. The van der Waals surface area contributed by atoms with Gasteiger partial charge >= 0.3 is 5.97 Å². The largest absolute Gasteiger partial charge is 0.489 e. The summed E-state index contributed by atoms with van der Waals surface area (Å²) in [5.74, 6) is 2.29. The van der Waals surface area contributed by atoms with Gasteiger partial charge in [0.25, 0.3) is 0 Å². The third-order valence-corrected chi connectivity index (χ3v) is 6.47. The van der Waals surface area contributed by atoms with Crippen molar-refractivity contribution in [2.45, 2.75) is 51.6 Å². The number of anilines is 1. The highest BCUT2D eigenvalue weighted by Crippen LogP contribution is 2.39. The Morgan fingerprint density at radius 1 is 1.24 bits per heavy atom. The summed E-state index contributed by atoms with van der Waals surface area (Å²) in [6.45, 7) is 4.03. The van der Waals surface area contributed by atoms with E-state index in [9.17, 15) is 4.79 Å². The lowest BCUT2D eigenvalue weighted by Gasteiger charge is -2.26. The van der Waals surface area contributed by atoms with E-state index in [0.717, 1.165) is 65.1 Å². The molecular formula is C25H29N5O3. The molecule has 5 rings (SSSR count). The Kier molecular flexibility index (Phi) is 5.44. The number of esters is 1. The number of fused-ring (bicyclic) bond motifs is 2. The Morgan fingerprint density at radius 3 is 2.76 bits per heavy atom. The van der Waals surface area contributed by atoms with E-state index in [0.29, 0.717) is 5.82 Å². The van der Waals surface area contributed by atoms with Crippen molar-refractivity contribution in [2.24, 2.45) is 5.92 Å². The number of nitrogens with two attached hydrogens (primary N) is 1. The van der Waals surface area contributed by atoms with Gasteiger partial charge in [0, 0.05) is 23.7 Å². The number of ether oxygens (including phenoxy) is 2. The van der Waals surface area contributed by atoms with Gasteiger partial charge in [0.15, 0.2) is 0 Å². The molecule has 1 aliphatic rings. The monoisotopic (exact) mass is 447 g/mol. The molecule has 1 aromatic carbocycles. The first-order chi connectivity index (χ1) is 16.0. The zero-order valence-corrected chi connectivity index (χ0v) is 19.2. The van der Waals surface area contributed by atoms with E-state index in [1.54, 1.807) is 6.20 Å². The molecule has 0 bridgehead atoms. The molecule has 172 valence electrons. The number of benzene rings is 1. The van der Waals surface area contributed by atoms with Crippen molar-refractivity contribution < 1.29 is 14.3 Å². The van der Waals surface area contributed by atoms with Crippen LogP contribution in [0.4, 0.5) is 5.82 Å². The van der Waals surface area contributed by atoms with E-state index in [1.807, 2.05) is 32.2 Å². The Hall–Kier alpha value is -3.55. The summed E-state index contributed by atoms with van der Waals surface area (Å²) in [6, 6.07) is 8.09. The third kappa shape index (κ3) is 3.79. The molecule has 0 saturated heterocycles. The molecule has 3 aromatic heterocycles. The summed E-state index contributed by atoms with van der Waals surface area (Å²) < 4.78 is 13.0. The first-order valence-corrected chi connectivity index (χ1v) is 11.4. The first-order valence-electron chi connectivity index (χ1n) is 11.4. The second-order valence-electron chi connectivity index (χ2n) is 8.99. The van der Waals surface area contributed by atoms with Gasteiger partial charge in [-0.1, -0.05) is 12.1 Å². The molecule has 3 heterocycles. The van der Waals surface area contributed by atoms with E-state index >= 15 is 0 Å². The van der Waals surface area contributed by atoms with Crippen molar-refractivity contribution in [3.05, 3.63) is 42.5 Å². The summed E-state index contributed by atoms with van der Waals surface area (Å²) in [7, 11) is 1.45. The third-order valence-electron chi connectivity index (χ3n) is 6.47. The van der Waals surface area contributed by atoms with E-state index < -0.39 is 0 Å². The molecule has 1 saturated carbocycles. The number of carbonyl (C=O) groups excluding carboxylic acids is 1. The molecule has 33 heavy (non-hydrogen) atoms. The van der Waals surface area contributed by atoms with Gasteiger partial charge in [-0.05, 0) is 51.7 Å². The summed E-state index contributed by atoms with van der Waals surface area (Å²) in [5.41, 5.74) is 9.71. The zero-order chi connectivity index (χ0) is 23.1. The highest BCUT2D eigenvalue weighted by Gasteiger charge is 2.31. The van der Waals surface area contributed by atoms with Gasteiger partial charge in [-0.3, -0.25) is 9.20 Å². The van der Waals surface area contributed by atoms with Crippen LogP contribution >= 0.6 is 0 Å². The molecule has 8 nitrogen and oxygen atoms in total. The molecule has 3 N–H and O–H groups in total. The smallest absolute Gasteiger partial charge is 0.308 e. The number of rotatable bonds is 5. The maximum absolute atomic E-state index is 12.0. The lowest BCUT2D eigenvalue weighted by molar-refractivity contribution is -0.146. The minimum absolute atomic E-state index is 0.0308. The number of methoxy groups -OCH3 is 1. The molecule has 0 radical (unpaired) electrons. The van der Waals surface area contributed by atoms with Gasteiger partial charge in [0.2, 0.25) is 0 Å². The van der Waals surface area contributed by atoms with Gasteiger partial charge < -0.3 is 20.2 Å². The maximum Gasteiger partial charge on any atom is 0.308 e. The number of hydrogen-bond acceptors (Lipinski definition) is 6. The van der Waals surface area contributed by atoms with Crippen molar-refractivity contribution in [1.29, 1.82) is 0 Å². The van der Waals surface area contributed by atoms with Crippen LogP contribution in [-0.2, 0) is 9.53 Å². The Labute approximate surface area is 192 Å². The van der Waals surface area contributed by atoms with Crippen LogP contribution < -0.4 is 10.5 Å². The quantitative estimate of drug-likeness (QED) is 0.430. The van der Waals surface area contributed by atoms with Crippen LogP contribution in [0, 0.1) is 5.92 Å². The zero-order valence-electron chi connectivity index (χ0n) is 19.2. The topological polar surface area (TPSA) is 108 Å². The first kappa shape index (κ1) is 21.3. The van der Waals surface area contributed by atoms with Gasteiger partial charge in [-0.25, -0.2) is 9.97 Å². The number of aromatic amines is 1. The number of para-hydroxylation sites is 1. The Balaban J connectivity index is 1.57. The summed E-state index contributed by atoms with van der Waals surface area (Å²) in [5, 5.41) is 1.05. The molecule has 0 amide bonds. The summed E-state index contributed by atoms with van der Waals surface area (Å²) >= 11 is 0. The maximum atomic E-state index is 12.0. The van der Waals surface area contributed by atoms with Crippen molar-refractivity contribution in [3.8, 4) is 17.1 Å².